The molecule has 0 bridgehead atoms. The van der Waals surface area contributed by atoms with Crippen molar-refractivity contribution in [1.82, 2.24) is 10.3 Å². The smallest absolute Gasteiger partial charge is 0.404 e. The van der Waals surface area contributed by atoms with E-state index < -0.39 is 6.09 Å². The number of nitrogens with one attached hydrogen (secondary N) is 1. The van der Waals surface area contributed by atoms with Crippen molar-refractivity contribution in [2.75, 3.05) is 13.2 Å². The van der Waals surface area contributed by atoms with E-state index in [0.717, 1.165) is 24.2 Å². The molecule has 2 N–H and O–H groups in total. The summed E-state index contributed by atoms with van der Waals surface area (Å²) in [5, 5.41) is 10.9. The molecule has 0 saturated carbocycles. The van der Waals surface area contributed by atoms with Gasteiger partial charge < -0.3 is 15.2 Å². The van der Waals surface area contributed by atoms with E-state index in [1.165, 1.54) is 5.56 Å². The maximum Gasteiger partial charge on any atom is 0.404 e. The fraction of sp³-hybridized carbons (Fsp3) is 0.294. The quantitative estimate of drug-likeness (QED) is 0.735. The topological polar surface area (TPSA) is 71.5 Å². The minimum absolute atomic E-state index is 0.418. The third kappa shape index (κ3) is 5.83. The molecule has 0 aliphatic carbocycles. The number of rotatable bonds is 8. The van der Waals surface area contributed by atoms with E-state index in [2.05, 4.69) is 10.3 Å². The van der Waals surface area contributed by atoms with Crippen LogP contribution in [0, 0.1) is 0 Å². The van der Waals surface area contributed by atoms with Crippen LogP contribution in [0.5, 0.6) is 5.75 Å². The summed E-state index contributed by atoms with van der Waals surface area (Å²) in [6, 6.07) is 11.8. The molecule has 0 spiro atoms. The van der Waals surface area contributed by atoms with Crippen molar-refractivity contribution in [2.24, 2.45) is 0 Å². The summed E-state index contributed by atoms with van der Waals surface area (Å²) in [4.78, 5) is 14.4. The average molecular weight is 300 g/mol. The number of aromatic nitrogens is 1. The van der Waals surface area contributed by atoms with Crippen LogP contribution in [0.1, 0.15) is 17.5 Å². The number of ether oxygens (including phenoxy) is 1. The van der Waals surface area contributed by atoms with Crippen molar-refractivity contribution in [3.63, 3.8) is 0 Å². The van der Waals surface area contributed by atoms with Crippen LogP contribution in [0.4, 0.5) is 4.79 Å². The zero-order chi connectivity index (χ0) is 15.6. The number of amides is 1. The monoisotopic (exact) mass is 300 g/mol. The lowest BCUT2D eigenvalue weighted by Gasteiger charge is -2.07. The standard InChI is InChI=1S/C17H20N2O3/c20-17(21)19-12-9-15-3-5-16(6-4-15)22-13-1-2-14-7-10-18-11-8-14/h3-8,10-11,19H,1-2,9,12-13H2,(H,20,21). The second-order valence-electron chi connectivity index (χ2n) is 4.93. The van der Waals surface area contributed by atoms with Gasteiger partial charge in [0.15, 0.2) is 0 Å². The lowest BCUT2D eigenvalue weighted by molar-refractivity contribution is 0.194. The molecular weight excluding hydrogens is 280 g/mol. The molecule has 22 heavy (non-hydrogen) atoms. The Morgan fingerprint density at radius 1 is 1.05 bits per heavy atom. The first kappa shape index (κ1) is 15.8. The number of pyridine rings is 1. The Morgan fingerprint density at radius 2 is 1.73 bits per heavy atom. The van der Waals surface area contributed by atoms with E-state index in [1.807, 2.05) is 36.4 Å². The Kier molecular flexibility index (Phi) is 6.23. The van der Waals surface area contributed by atoms with Gasteiger partial charge >= 0.3 is 6.09 Å². The summed E-state index contributed by atoms with van der Waals surface area (Å²) in [7, 11) is 0. The summed E-state index contributed by atoms with van der Waals surface area (Å²) in [5.41, 5.74) is 2.35. The van der Waals surface area contributed by atoms with Crippen LogP contribution in [0.3, 0.4) is 0 Å². The first-order valence-electron chi connectivity index (χ1n) is 7.31. The minimum atomic E-state index is -0.992. The fourth-order valence-electron chi connectivity index (χ4n) is 2.08. The van der Waals surface area contributed by atoms with Gasteiger partial charge in [0.1, 0.15) is 5.75 Å². The second-order valence-corrected chi connectivity index (χ2v) is 4.93. The number of carbonyl (C=O) groups is 1. The van der Waals surface area contributed by atoms with Gasteiger partial charge in [-0.25, -0.2) is 4.79 Å². The van der Waals surface area contributed by atoms with E-state index in [0.29, 0.717) is 19.6 Å². The van der Waals surface area contributed by atoms with E-state index in [9.17, 15) is 4.79 Å². The fourth-order valence-corrected chi connectivity index (χ4v) is 2.08. The predicted molar refractivity (Wildman–Crippen MR) is 84.2 cm³/mol. The van der Waals surface area contributed by atoms with Crippen molar-refractivity contribution >= 4 is 6.09 Å². The van der Waals surface area contributed by atoms with Crippen molar-refractivity contribution in [3.05, 3.63) is 59.9 Å². The van der Waals surface area contributed by atoms with E-state index in [1.54, 1.807) is 12.4 Å². The van der Waals surface area contributed by atoms with Crippen LogP contribution in [-0.2, 0) is 12.8 Å². The molecule has 0 saturated heterocycles. The van der Waals surface area contributed by atoms with Crippen molar-refractivity contribution in [1.29, 1.82) is 0 Å². The normalized spacial score (nSPS) is 10.2. The molecule has 1 aromatic carbocycles. The van der Waals surface area contributed by atoms with Crippen LogP contribution in [-0.4, -0.2) is 29.3 Å². The van der Waals surface area contributed by atoms with E-state index >= 15 is 0 Å². The van der Waals surface area contributed by atoms with Gasteiger partial charge in [-0.05, 0) is 54.7 Å². The van der Waals surface area contributed by atoms with Gasteiger partial charge in [0, 0.05) is 18.9 Å². The molecule has 2 aromatic rings. The maximum atomic E-state index is 10.4. The molecule has 1 amide bonds. The van der Waals surface area contributed by atoms with Gasteiger partial charge in [-0.15, -0.1) is 0 Å². The number of aryl methyl sites for hydroxylation is 1. The Morgan fingerprint density at radius 3 is 2.41 bits per heavy atom. The largest absolute Gasteiger partial charge is 0.494 e. The first-order chi connectivity index (χ1) is 10.7. The van der Waals surface area contributed by atoms with Gasteiger partial charge in [-0.3, -0.25) is 4.98 Å². The van der Waals surface area contributed by atoms with Gasteiger partial charge in [0.25, 0.3) is 0 Å². The highest BCUT2D eigenvalue weighted by Gasteiger charge is 1.98. The van der Waals surface area contributed by atoms with Gasteiger partial charge in [-0.2, -0.15) is 0 Å². The number of nitrogens with zero attached hydrogens (tertiary/aromatic N) is 1. The Balaban J connectivity index is 1.67. The van der Waals surface area contributed by atoms with Gasteiger partial charge in [0.05, 0.1) is 6.61 Å². The third-order valence-electron chi connectivity index (χ3n) is 3.24. The molecule has 5 nitrogen and oxygen atoms in total. The van der Waals surface area contributed by atoms with Crippen molar-refractivity contribution in [2.45, 2.75) is 19.3 Å². The second kappa shape index (κ2) is 8.67. The first-order valence-corrected chi connectivity index (χ1v) is 7.31. The Labute approximate surface area is 130 Å². The zero-order valence-corrected chi connectivity index (χ0v) is 12.4. The zero-order valence-electron chi connectivity index (χ0n) is 12.4. The molecule has 1 aromatic heterocycles. The molecule has 2 rings (SSSR count). The molecule has 0 aliphatic rings. The number of hydrogen-bond donors (Lipinski definition) is 2. The molecule has 0 atom stereocenters. The molecule has 1 heterocycles. The summed E-state index contributed by atoms with van der Waals surface area (Å²) in [5.74, 6) is 0.838. The molecule has 116 valence electrons. The highest BCUT2D eigenvalue weighted by Crippen LogP contribution is 2.13. The van der Waals surface area contributed by atoms with Crippen LogP contribution in [0.15, 0.2) is 48.8 Å². The minimum Gasteiger partial charge on any atom is -0.494 e. The lowest BCUT2D eigenvalue weighted by Crippen LogP contribution is -2.23. The molecule has 0 fully saturated rings. The number of benzene rings is 1. The van der Waals surface area contributed by atoms with Gasteiger partial charge in [-0.1, -0.05) is 12.1 Å². The van der Waals surface area contributed by atoms with Crippen LogP contribution in [0.25, 0.3) is 0 Å². The summed E-state index contributed by atoms with van der Waals surface area (Å²) < 4.78 is 5.70. The van der Waals surface area contributed by atoms with Crippen LogP contribution < -0.4 is 10.1 Å². The summed E-state index contributed by atoms with van der Waals surface area (Å²) in [6.07, 6.45) is 5.21. The highest BCUT2D eigenvalue weighted by molar-refractivity contribution is 5.64. The lowest BCUT2D eigenvalue weighted by atomic mass is 10.1. The third-order valence-corrected chi connectivity index (χ3v) is 3.24. The SMILES string of the molecule is O=C(O)NCCc1ccc(OCCCc2ccncc2)cc1. The van der Waals surface area contributed by atoms with Crippen LogP contribution >= 0.6 is 0 Å². The predicted octanol–water partition coefficient (Wildman–Crippen LogP) is 2.90. The maximum absolute atomic E-state index is 10.4. The Bertz CT molecular complexity index is 570. The number of carboxylic acid groups (broad SMARTS) is 1. The van der Waals surface area contributed by atoms with Crippen molar-refractivity contribution in [3.8, 4) is 5.75 Å². The van der Waals surface area contributed by atoms with Crippen molar-refractivity contribution < 1.29 is 14.6 Å². The highest BCUT2D eigenvalue weighted by atomic mass is 16.5. The van der Waals surface area contributed by atoms with Gasteiger partial charge in [0.2, 0.25) is 0 Å². The number of hydrogen-bond acceptors (Lipinski definition) is 3. The molecule has 0 unspecified atom stereocenters. The molecule has 5 heteroatoms. The molecule has 0 radical (unpaired) electrons. The molecule has 0 aliphatic heterocycles. The summed E-state index contributed by atoms with van der Waals surface area (Å²) in [6.45, 7) is 1.09. The van der Waals surface area contributed by atoms with E-state index in [4.69, 9.17) is 9.84 Å². The molecular formula is C17H20N2O3. The van der Waals surface area contributed by atoms with Crippen LogP contribution in [0.2, 0.25) is 0 Å². The van der Waals surface area contributed by atoms with E-state index in [-0.39, 0.29) is 0 Å². The Hall–Kier alpha value is -2.56. The average Bonchev–Trinajstić information content (AvgIpc) is 2.54. The summed E-state index contributed by atoms with van der Waals surface area (Å²) >= 11 is 0.